The summed E-state index contributed by atoms with van der Waals surface area (Å²) < 4.78 is 0. The van der Waals surface area contributed by atoms with E-state index in [0.29, 0.717) is 18.7 Å². The molecule has 0 aliphatic carbocycles. The Labute approximate surface area is 129 Å². The van der Waals surface area contributed by atoms with Crippen LogP contribution in [0.3, 0.4) is 0 Å². The van der Waals surface area contributed by atoms with Gasteiger partial charge in [0.1, 0.15) is 0 Å². The summed E-state index contributed by atoms with van der Waals surface area (Å²) in [5.41, 5.74) is 2.75. The van der Waals surface area contributed by atoms with Crippen molar-refractivity contribution >= 4 is 0 Å². The monoisotopic (exact) mass is 290 g/mol. The maximum Gasteiger partial charge on any atom is 0.0586 e. The molecule has 1 aliphatic rings. The molecule has 2 unspecified atom stereocenters. The van der Waals surface area contributed by atoms with E-state index in [9.17, 15) is 5.11 Å². The Morgan fingerprint density at radius 2 is 2.10 bits per heavy atom. The fourth-order valence-electron chi connectivity index (χ4n) is 3.47. The fraction of sp³-hybridized carbons (Fsp3) is 0.667. The lowest BCUT2D eigenvalue weighted by Gasteiger charge is -2.30. The maximum atomic E-state index is 9.61. The molecule has 2 atom stereocenters. The van der Waals surface area contributed by atoms with Gasteiger partial charge in [-0.3, -0.25) is 4.90 Å². The van der Waals surface area contributed by atoms with Crippen molar-refractivity contribution < 1.29 is 5.11 Å². The second kappa shape index (κ2) is 8.52. The van der Waals surface area contributed by atoms with Crippen LogP contribution in [-0.4, -0.2) is 42.8 Å². The van der Waals surface area contributed by atoms with Crippen LogP contribution in [0.15, 0.2) is 24.3 Å². The highest BCUT2D eigenvalue weighted by atomic mass is 16.3. The van der Waals surface area contributed by atoms with Crippen LogP contribution in [0.1, 0.15) is 49.3 Å². The first-order valence-electron chi connectivity index (χ1n) is 8.34. The summed E-state index contributed by atoms with van der Waals surface area (Å²) in [7, 11) is 2.04. The normalized spacial score (nSPS) is 22.0. The summed E-state index contributed by atoms with van der Waals surface area (Å²) in [6, 6.07) is 9.39. The van der Waals surface area contributed by atoms with Crippen LogP contribution in [0.5, 0.6) is 0 Å². The molecule has 1 aliphatic heterocycles. The molecule has 0 saturated carbocycles. The summed E-state index contributed by atoms with van der Waals surface area (Å²) in [6.45, 7) is 4.68. The predicted octanol–water partition coefficient (Wildman–Crippen LogP) is 2.88. The molecule has 3 nitrogen and oxygen atoms in total. The third-order valence-electron chi connectivity index (χ3n) is 4.83. The Balaban J connectivity index is 1.97. The van der Waals surface area contributed by atoms with Crippen LogP contribution in [0, 0.1) is 6.92 Å². The second-order valence-electron chi connectivity index (χ2n) is 6.21. The van der Waals surface area contributed by atoms with Crippen LogP contribution >= 0.6 is 0 Å². The van der Waals surface area contributed by atoms with Gasteiger partial charge in [-0.2, -0.15) is 0 Å². The van der Waals surface area contributed by atoms with Crippen molar-refractivity contribution in [1.82, 2.24) is 10.2 Å². The van der Waals surface area contributed by atoms with Gasteiger partial charge in [0.25, 0.3) is 0 Å². The zero-order valence-corrected chi connectivity index (χ0v) is 13.5. The Morgan fingerprint density at radius 3 is 2.81 bits per heavy atom. The van der Waals surface area contributed by atoms with Crippen LogP contribution in [0.4, 0.5) is 0 Å². The SMILES string of the molecule is CNC(CCN1CCCCCC1CO)c1ccccc1C. The van der Waals surface area contributed by atoms with E-state index in [1.165, 1.54) is 30.4 Å². The molecule has 1 fully saturated rings. The van der Waals surface area contributed by atoms with Gasteiger partial charge in [-0.1, -0.05) is 37.1 Å². The lowest BCUT2D eigenvalue weighted by atomic mass is 9.98. The van der Waals surface area contributed by atoms with Gasteiger partial charge in [-0.25, -0.2) is 0 Å². The number of hydrogen-bond donors (Lipinski definition) is 2. The van der Waals surface area contributed by atoms with Crippen molar-refractivity contribution in [2.75, 3.05) is 26.7 Å². The fourth-order valence-corrected chi connectivity index (χ4v) is 3.47. The molecule has 21 heavy (non-hydrogen) atoms. The Morgan fingerprint density at radius 1 is 1.29 bits per heavy atom. The molecule has 1 saturated heterocycles. The van der Waals surface area contributed by atoms with E-state index in [1.54, 1.807) is 0 Å². The number of likely N-dealkylation sites (tertiary alicyclic amines) is 1. The van der Waals surface area contributed by atoms with E-state index in [1.807, 2.05) is 7.05 Å². The first-order chi connectivity index (χ1) is 10.3. The number of aryl methyl sites for hydroxylation is 1. The molecule has 3 heteroatoms. The number of hydrogen-bond acceptors (Lipinski definition) is 3. The van der Waals surface area contributed by atoms with Gasteiger partial charge < -0.3 is 10.4 Å². The van der Waals surface area contributed by atoms with E-state index >= 15 is 0 Å². The van der Waals surface area contributed by atoms with Gasteiger partial charge in [0.15, 0.2) is 0 Å². The number of rotatable bonds is 6. The van der Waals surface area contributed by atoms with Crippen molar-refractivity contribution in [2.45, 2.75) is 51.1 Å². The zero-order chi connectivity index (χ0) is 15.1. The molecule has 0 radical (unpaired) electrons. The smallest absolute Gasteiger partial charge is 0.0586 e. The molecule has 118 valence electrons. The van der Waals surface area contributed by atoms with E-state index in [4.69, 9.17) is 0 Å². The molecule has 1 aromatic carbocycles. The van der Waals surface area contributed by atoms with E-state index in [-0.39, 0.29) is 0 Å². The van der Waals surface area contributed by atoms with Gasteiger partial charge >= 0.3 is 0 Å². The minimum atomic E-state index is 0.300. The number of benzene rings is 1. The van der Waals surface area contributed by atoms with E-state index < -0.39 is 0 Å². The second-order valence-corrected chi connectivity index (χ2v) is 6.21. The third-order valence-corrected chi connectivity index (χ3v) is 4.83. The lowest BCUT2D eigenvalue weighted by Crippen LogP contribution is -2.39. The Kier molecular flexibility index (Phi) is 6.68. The zero-order valence-electron chi connectivity index (χ0n) is 13.5. The molecule has 1 aromatic rings. The number of nitrogens with zero attached hydrogens (tertiary/aromatic N) is 1. The predicted molar refractivity (Wildman–Crippen MR) is 88.5 cm³/mol. The first-order valence-corrected chi connectivity index (χ1v) is 8.34. The summed E-state index contributed by atoms with van der Waals surface area (Å²) in [5.74, 6) is 0. The summed E-state index contributed by atoms with van der Waals surface area (Å²) in [4.78, 5) is 2.50. The molecule has 0 bridgehead atoms. The largest absolute Gasteiger partial charge is 0.395 e. The maximum absolute atomic E-state index is 9.61. The van der Waals surface area contributed by atoms with Gasteiger partial charge in [-0.05, 0) is 50.9 Å². The topological polar surface area (TPSA) is 35.5 Å². The minimum Gasteiger partial charge on any atom is -0.395 e. The summed E-state index contributed by atoms with van der Waals surface area (Å²) in [5, 5.41) is 13.1. The highest BCUT2D eigenvalue weighted by Crippen LogP contribution is 2.23. The van der Waals surface area contributed by atoms with Gasteiger partial charge in [-0.15, -0.1) is 0 Å². The van der Waals surface area contributed by atoms with E-state index in [2.05, 4.69) is 41.4 Å². The van der Waals surface area contributed by atoms with Gasteiger partial charge in [0.2, 0.25) is 0 Å². The number of aliphatic hydroxyl groups excluding tert-OH is 1. The Hall–Kier alpha value is -0.900. The standard InChI is InChI=1S/C18H30N2O/c1-15-8-5-6-10-17(15)18(19-2)11-13-20-12-7-3-4-9-16(20)14-21/h5-6,8,10,16,18-19,21H,3-4,7,9,11-14H2,1-2H3. The third kappa shape index (κ3) is 4.53. The molecule has 2 N–H and O–H groups in total. The molecule has 1 heterocycles. The lowest BCUT2D eigenvalue weighted by molar-refractivity contribution is 0.120. The van der Waals surface area contributed by atoms with E-state index in [0.717, 1.165) is 25.9 Å². The first kappa shape index (κ1) is 16.5. The van der Waals surface area contributed by atoms with Crippen LogP contribution in [0.25, 0.3) is 0 Å². The molecule has 0 amide bonds. The highest BCUT2D eigenvalue weighted by molar-refractivity contribution is 5.28. The van der Waals surface area contributed by atoms with Crippen LogP contribution in [0.2, 0.25) is 0 Å². The van der Waals surface area contributed by atoms with Gasteiger partial charge in [0.05, 0.1) is 6.61 Å². The number of aliphatic hydroxyl groups is 1. The molecular weight excluding hydrogens is 260 g/mol. The minimum absolute atomic E-state index is 0.300. The van der Waals surface area contributed by atoms with Gasteiger partial charge in [0, 0.05) is 18.6 Å². The molecule has 0 spiro atoms. The van der Waals surface area contributed by atoms with Crippen LogP contribution < -0.4 is 5.32 Å². The Bertz CT molecular complexity index is 421. The van der Waals surface area contributed by atoms with Crippen molar-refractivity contribution in [3.8, 4) is 0 Å². The van der Waals surface area contributed by atoms with Crippen molar-refractivity contribution in [1.29, 1.82) is 0 Å². The summed E-state index contributed by atoms with van der Waals surface area (Å²) >= 11 is 0. The van der Waals surface area contributed by atoms with Crippen molar-refractivity contribution in [3.05, 3.63) is 35.4 Å². The quantitative estimate of drug-likeness (QED) is 0.845. The van der Waals surface area contributed by atoms with Crippen LogP contribution in [-0.2, 0) is 0 Å². The average Bonchev–Trinajstić information content (AvgIpc) is 2.74. The van der Waals surface area contributed by atoms with Crippen molar-refractivity contribution in [2.24, 2.45) is 0 Å². The average molecular weight is 290 g/mol. The molecular formula is C18H30N2O. The van der Waals surface area contributed by atoms with Crippen molar-refractivity contribution in [3.63, 3.8) is 0 Å². The summed E-state index contributed by atoms with van der Waals surface area (Å²) in [6.07, 6.45) is 6.07. The molecule has 2 rings (SSSR count). The highest BCUT2D eigenvalue weighted by Gasteiger charge is 2.21. The molecule has 0 aromatic heterocycles. The number of nitrogens with one attached hydrogen (secondary N) is 1.